The number of nitrogens with zero attached hydrogens (tertiary/aromatic N) is 1. The highest BCUT2D eigenvalue weighted by Gasteiger charge is 2.15. The van der Waals surface area contributed by atoms with E-state index in [9.17, 15) is 9.59 Å². The molecule has 0 unspecified atom stereocenters. The van der Waals surface area contributed by atoms with Gasteiger partial charge >= 0.3 is 0 Å². The summed E-state index contributed by atoms with van der Waals surface area (Å²) in [6.07, 6.45) is 0. The first-order valence-electron chi connectivity index (χ1n) is 8.87. The molecule has 2 amide bonds. The first kappa shape index (κ1) is 20.3. The smallest absolute Gasteiger partial charge is 0.260 e. The lowest BCUT2D eigenvalue weighted by molar-refractivity contribution is -0.135. The van der Waals surface area contributed by atoms with Crippen molar-refractivity contribution in [3.05, 3.63) is 53.6 Å². The second kappa shape index (κ2) is 9.62. The maximum atomic E-state index is 12.3. The molecule has 0 spiro atoms. The molecular weight excluding hydrogens is 344 g/mol. The van der Waals surface area contributed by atoms with Crippen LogP contribution in [0.4, 0.5) is 5.69 Å². The average molecular weight is 370 g/mol. The number of hydrogen-bond acceptors (Lipinski definition) is 4. The van der Waals surface area contributed by atoms with Crippen molar-refractivity contribution in [2.75, 3.05) is 32.1 Å². The van der Waals surface area contributed by atoms with Crippen molar-refractivity contribution >= 4 is 17.5 Å². The number of benzene rings is 2. The van der Waals surface area contributed by atoms with Crippen molar-refractivity contribution in [1.29, 1.82) is 0 Å². The minimum absolute atomic E-state index is 0.0529. The van der Waals surface area contributed by atoms with Gasteiger partial charge in [0.1, 0.15) is 0 Å². The largest absolute Gasteiger partial charge is 0.490 e. The van der Waals surface area contributed by atoms with Gasteiger partial charge in [-0.3, -0.25) is 9.59 Å². The number of rotatable bonds is 8. The van der Waals surface area contributed by atoms with Gasteiger partial charge in [-0.05, 0) is 50.1 Å². The monoisotopic (exact) mass is 370 g/mol. The fraction of sp³-hybridized carbons (Fsp3) is 0.333. The molecule has 0 aliphatic carbocycles. The summed E-state index contributed by atoms with van der Waals surface area (Å²) in [5.41, 5.74) is 2.86. The third kappa shape index (κ3) is 5.74. The Kier molecular flexibility index (Phi) is 7.23. The maximum Gasteiger partial charge on any atom is 0.260 e. The van der Waals surface area contributed by atoms with Gasteiger partial charge in [0.2, 0.25) is 5.91 Å². The SMILES string of the molecule is CCOc1ccccc1OCC(=O)N(C)CC(=O)Nc1cccc(C)c1C. The van der Waals surface area contributed by atoms with Crippen molar-refractivity contribution in [2.45, 2.75) is 20.8 Å². The Labute approximate surface area is 160 Å². The van der Waals surface area contributed by atoms with Gasteiger partial charge in [0, 0.05) is 12.7 Å². The molecule has 0 aliphatic rings. The standard InChI is InChI=1S/C21H26N2O4/c1-5-26-18-11-6-7-12-19(18)27-14-21(25)23(4)13-20(24)22-17-10-8-9-15(2)16(17)3/h6-12H,5,13-14H2,1-4H3,(H,22,24). The van der Waals surface area contributed by atoms with Crippen LogP contribution >= 0.6 is 0 Å². The van der Waals surface area contributed by atoms with Crippen LogP contribution in [-0.2, 0) is 9.59 Å². The number of ether oxygens (including phenoxy) is 2. The van der Waals surface area contributed by atoms with Crippen molar-refractivity contribution in [1.82, 2.24) is 4.90 Å². The predicted octanol–water partition coefficient (Wildman–Crippen LogP) is 3.18. The molecule has 0 aromatic heterocycles. The van der Waals surface area contributed by atoms with Crippen LogP contribution in [0.25, 0.3) is 0 Å². The number of carbonyl (C=O) groups is 2. The van der Waals surface area contributed by atoms with Crippen LogP contribution in [0.3, 0.4) is 0 Å². The average Bonchev–Trinajstić information content (AvgIpc) is 2.64. The number of amides is 2. The quantitative estimate of drug-likeness (QED) is 0.775. The van der Waals surface area contributed by atoms with Gasteiger partial charge in [-0.2, -0.15) is 0 Å². The highest BCUT2D eigenvalue weighted by Crippen LogP contribution is 2.26. The Morgan fingerprint density at radius 3 is 2.33 bits per heavy atom. The van der Waals surface area contributed by atoms with Gasteiger partial charge in [-0.1, -0.05) is 24.3 Å². The molecule has 144 valence electrons. The molecule has 2 aromatic carbocycles. The number of anilines is 1. The molecule has 6 heteroatoms. The summed E-state index contributed by atoms with van der Waals surface area (Å²) in [5, 5.41) is 2.84. The molecule has 0 bridgehead atoms. The number of aryl methyl sites for hydroxylation is 1. The Morgan fingerprint density at radius 2 is 1.67 bits per heavy atom. The lowest BCUT2D eigenvalue weighted by atomic mass is 10.1. The Morgan fingerprint density at radius 1 is 1.00 bits per heavy atom. The van der Waals surface area contributed by atoms with Crippen LogP contribution < -0.4 is 14.8 Å². The normalized spacial score (nSPS) is 10.2. The first-order chi connectivity index (χ1) is 12.9. The molecule has 0 radical (unpaired) electrons. The van der Waals surface area contributed by atoms with Gasteiger partial charge < -0.3 is 19.7 Å². The van der Waals surface area contributed by atoms with Crippen LogP contribution in [0.2, 0.25) is 0 Å². The van der Waals surface area contributed by atoms with E-state index in [1.807, 2.05) is 51.1 Å². The number of hydrogen-bond donors (Lipinski definition) is 1. The lowest BCUT2D eigenvalue weighted by Crippen LogP contribution is -2.37. The zero-order valence-corrected chi connectivity index (χ0v) is 16.2. The van der Waals surface area contributed by atoms with Gasteiger partial charge in [0.05, 0.1) is 13.2 Å². The van der Waals surface area contributed by atoms with Crippen LogP contribution in [0.5, 0.6) is 11.5 Å². The van der Waals surface area contributed by atoms with Gasteiger partial charge in [0.25, 0.3) is 5.91 Å². The second-order valence-corrected chi connectivity index (χ2v) is 6.21. The number of para-hydroxylation sites is 2. The van der Waals surface area contributed by atoms with Crippen LogP contribution in [0, 0.1) is 13.8 Å². The van der Waals surface area contributed by atoms with E-state index in [2.05, 4.69) is 5.32 Å². The third-order valence-electron chi connectivity index (χ3n) is 4.19. The molecule has 2 aromatic rings. The number of likely N-dealkylation sites (N-methyl/N-ethyl adjacent to an activating group) is 1. The molecular formula is C21H26N2O4. The molecule has 0 saturated heterocycles. The lowest BCUT2D eigenvalue weighted by Gasteiger charge is -2.18. The Bertz CT molecular complexity index is 805. The summed E-state index contributed by atoms with van der Waals surface area (Å²) in [6, 6.07) is 12.9. The molecule has 0 saturated carbocycles. The fourth-order valence-electron chi connectivity index (χ4n) is 2.47. The molecule has 0 atom stereocenters. The third-order valence-corrected chi connectivity index (χ3v) is 4.19. The summed E-state index contributed by atoms with van der Waals surface area (Å²) in [5.74, 6) is 0.538. The van der Waals surface area contributed by atoms with Crippen LogP contribution in [0.15, 0.2) is 42.5 Å². The van der Waals surface area contributed by atoms with Crippen molar-refractivity contribution in [3.8, 4) is 11.5 Å². The highest BCUT2D eigenvalue weighted by molar-refractivity contribution is 5.95. The van der Waals surface area contributed by atoms with E-state index in [1.54, 1.807) is 19.2 Å². The zero-order chi connectivity index (χ0) is 19.8. The van der Waals surface area contributed by atoms with E-state index in [0.717, 1.165) is 16.8 Å². The zero-order valence-electron chi connectivity index (χ0n) is 16.2. The van der Waals surface area contributed by atoms with E-state index >= 15 is 0 Å². The first-order valence-corrected chi connectivity index (χ1v) is 8.87. The second-order valence-electron chi connectivity index (χ2n) is 6.21. The molecule has 27 heavy (non-hydrogen) atoms. The summed E-state index contributed by atoms with van der Waals surface area (Å²) in [4.78, 5) is 25.9. The van der Waals surface area contributed by atoms with Gasteiger partial charge in [0.15, 0.2) is 18.1 Å². The van der Waals surface area contributed by atoms with E-state index in [0.29, 0.717) is 18.1 Å². The molecule has 0 fully saturated rings. The minimum atomic E-state index is -0.294. The predicted molar refractivity (Wildman–Crippen MR) is 105 cm³/mol. The van der Waals surface area contributed by atoms with Crippen LogP contribution in [0.1, 0.15) is 18.1 Å². The number of nitrogens with one attached hydrogen (secondary N) is 1. The summed E-state index contributed by atoms with van der Waals surface area (Å²) in [6.45, 7) is 6.10. The molecule has 1 N–H and O–H groups in total. The van der Waals surface area contributed by atoms with Crippen LogP contribution in [-0.4, -0.2) is 43.5 Å². The molecule has 0 heterocycles. The summed E-state index contributed by atoms with van der Waals surface area (Å²) >= 11 is 0. The van der Waals surface area contributed by atoms with E-state index < -0.39 is 0 Å². The highest BCUT2D eigenvalue weighted by atomic mass is 16.5. The fourth-order valence-corrected chi connectivity index (χ4v) is 2.47. The topological polar surface area (TPSA) is 67.9 Å². The molecule has 2 rings (SSSR count). The van der Waals surface area contributed by atoms with E-state index in [1.165, 1.54) is 4.90 Å². The molecule has 0 aliphatic heterocycles. The molecule has 6 nitrogen and oxygen atoms in total. The van der Waals surface area contributed by atoms with Crippen molar-refractivity contribution < 1.29 is 19.1 Å². The van der Waals surface area contributed by atoms with E-state index in [-0.39, 0.29) is 25.0 Å². The minimum Gasteiger partial charge on any atom is -0.490 e. The Balaban J connectivity index is 1.88. The van der Waals surface area contributed by atoms with Gasteiger partial charge in [-0.15, -0.1) is 0 Å². The van der Waals surface area contributed by atoms with Gasteiger partial charge in [-0.25, -0.2) is 0 Å². The maximum absolute atomic E-state index is 12.3. The van der Waals surface area contributed by atoms with Crippen molar-refractivity contribution in [2.24, 2.45) is 0 Å². The summed E-state index contributed by atoms with van der Waals surface area (Å²) in [7, 11) is 1.57. The number of carbonyl (C=O) groups excluding carboxylic acids is 2. The Hall–Kier alpha value is -3.02. The van der Waals surface area contributed by atoms with E-state index in [4.69, 9.17) is 9.47 Å². The van der Waals surface area contributed by atoms with Crippen molar-refractivity contribution in [3.63, 3.8) is 0 Å². The summed E-state index contributed by atoms with van der Waals surface area (Å²) < 4.78 is 11.0.